The Balaban J connectivity index is 2.05. The fourth-order valence-electron chi connectivity index (χ4n) is 2.78. The van der Waals surface area contributed by atoms with Gasteiger partial charge < -0.3 is 5.32 Å². The number of halogens is 1. The summed E-state index contributed by atoms with van der Waals surface area (Å²) in [7, 11) is 0. The fraction of sp³-hybridized carbons (Fsp3) is 0.278. The Labute approximate surface area is 155 Å². The Hall–Kier alpha value is -2.80. The molecule has 2 aromatic rings. The minimum absolute atomic E-state index is 0.0611. The van der Waals surface area contributed by atoms with Gasteiger partial charge in [-0.2, -0.15) is 0 Å². The number of Topliss-reactive ketones (excluding diaryl/α,β-unsaturated/α-hetero) is 1. The number of amides is 3. The van der Waals surface area contributed by atoms with Crippen molar-refractivity contribution in [3.8, 4) is 0 Å². The summed E-state index contributed by atoms with van der Waals surface area (Å²) in [5, 5.41) is 3.04. The summed E-state index contributed by atoms with van der Waals surface area (Å²) in [5.41, 5.74) is 1.44. The van der Waals surface area contributed by atoms with Crippen molar-refractivity contribution in [2.24, 2.45) is 0 Å². The molecule has 2 heterocycles. The first kappa shape index (κ1) is 18.0. The van der Waals surface area contributed by atoms with Crippen molar-refractivity contribution in [3.05, 3.63) is 52.6 Å². The van der Waals surface area contributed by atoms with Crippen LogP contribution in [-0.2, 0) is 4.79 Å². The molecule has 0 bridgehead atoms. The topological polar surface area (TPSA) is 92.3 Å². The highest BCUT2D eigenvalue weighted by Crippen LogP contribution is 2.40. The molecule has 8 heteroatoms. The molecule has 3 amide bonds. The maximum absolute atomic E-state index is 12.9. The van der Waals surface area contributed by atoms with Crippen molar-refractivity contribution in [1.29, 1.82) is 0 Å². The van der Waals surface area contributed by atoms with E-state index in [-0.39, 0.29) is 11.7 Å². The number of aryl methyl sites for hydroxylation is 1. The molecule has 1 atom stereocenters. The van der Waals surface area contributed by atoms with Gasteiger partial charge in [-0.3, -0.25) is 14.6 Å². The maximum Gasteiger partial charge on any atom is 0.328 e. The minimum Gasteiger partial charge on any atom is -0.335 e. The molecule has 0 saturated carbocycles. The number of anilines is 1. The van der Waals surface area contributed by atoms with E-state index in [4.69, 9.17) is 11.6 Å². The Morgan fingerprint density at radius 2 is 1.96 bits per heavy atom. The molecule has 134 valence electrons. The van der Waals surface area contributed by atoms with Crippen LogP contribution in [0.25, 0.3) is 0 Å². The van der Waals surface area contributed by atoms with E-state index in [9.17, 15) is 14.4 Å². The first-order valence-corrected chi connectivity index (χ1v) is 8.44. The number of ketones is 1. The lowest BCUT2D eigenvalue weighted by molar-refractivity contribution is -0.117. The summed E-state index contributed by atoms with van der Waals surface area (Å²) < 4.78 is 0. The summed E-state index contributed by atoms with van der Waals surface area (Å²) in [5.74, 6) is -2.34. The third-order valence-corrected chi connectivity index (χ3v) is 4.15. The molecule has 1 aliphatic heterocycles. The zero-order valence-electron chi connectivity index (χ0n) is 14.5. The number of urea groups is 1. The summed E-state index contributed by atoms with van der Waals surface area (Å²) in [4.78, 5) is 47.4. The average Bonchev–Trinajstić information content (AvgIpc) is 2.85. The smallest absolute Gasteiger partial charge is 0.328 e. The molecule has 1 aromatic carbocycles. The number of hydrogen-bond acceptors (Lipinski definition) is 5. The second kappa shape index (κ2) is 6.84. The highest BCUT2D eigenvalue weighted by atomic mass is 35.5. The SMILES string of the molecule is Cc1cnc(C(=O)C2C(=O)N(C(=O)NC(C)C)c3ccc(Cl)cc32)cn1. The minimum atomic E-state index is -1.18. The molecule has 1 N–H and O–H groups in total. The second-order valence-corrected chi connectivity index (χ2v) is 6.76. The van der Waals surface area contributed by atoms with Crippen molar-refractivity contribution < 1.29 is 14.4 Å². The number of carbonyl (C=O) groups is 3. The summed E-state index contributed by atoms with van der Waals surface area (Å²) in [6.07, 6.45) is 2.78. The average molecular weight is 373 g/mol. The molecule has 0 aliphatic carbocycles. The van der Waals surface area contributed by atoms with Gasteiger partial charge in [-0.1, -0.05) is 11.6 Å². The van der Waals surface area contributed by atoms with E-state index in [1.165, 1.54) is 18.5 Å². The summed E-state index contributed by atoms with van der Waals surface area (Å²) >= 11 is 6.05. The monoisotopic (exact) mass is 372 g/mol. The normalized spacial score (nSPS) is 16.0. The van der Waals surface area contributed by atoms with Crippen molar-refractivity contribution in [3.63, 3.8) is 0 Å². The van der Waals surface area contributed by atoms with E-state index in [1.54, 1.807) is 32.9 Å². The quantitative estimate of drug-likeness (QED) is 0.660. The molecular formula is C18H17ClN4O3. The van der Waals surface area contributed by atoms with E-state index < -0.39 is 23.6 Å². The number of benzene rings is 1. The van der Waals surface area contributed by atoms with Crippen molar-refractivity contribution >= 4 is 35.0 Å². The van der Waals surface area contributed by atoms with Crippen LogP contribution in [0.5, 0.6) is 0 Å². The van der Waals surface area contributed by atoms with E-state index in [2.05, 4.69) is 15.3 Å². The zero-order valence-corrected chi connectivity index (χ0v) is 15.2. The van der Waals surface area contributed by atoms with Gasteiger partial charge in [0.15, 0.2) is 5.78 Å². The van der Waals surface area contributed by atoms with E-state index in [0.717, 1.165) is 4.90 Å². The van der Waals surface area contributed by atoms with Crippen LogP contribution in [0.3, 0.4) is 0 Å². The lowest BCUT2D eigenvalue weighted by Crippen LogP contribution is -2.46. The van der Waals surface area contributed by atoms with E-state index in [1.807, 2.05) is 0 Å². The number of nitrogens with one attached hydrogen (secondary N) is 1. The fourth-order valence-corrected chi connectivity index (χ4v) is 2.96. The van der Waals surface area contributed by atoms with Crippen LogP contribution in [-0.4, -0.2) is 33.7 Å². The highest BCUT2D eigenvalue weighted by Gasteiger charge is 2.45. The zero-order chi connectivity index (χ0) is 19.0. The number of imide groups is 1. The lowest BCUT2D eigenvalue weighted by atomic mass is 9.94. The number of nitrogens with zero attached hydrogens (tertiary/aromatic N) is 3. The first-order chi connectivity index (χ1) is 12.3. The van der Waals surface area contributed by atoms with Crippen molar-refractivity contribution in [2.45, 2.75) is 32.7 Å². The predicted molar refractivity (Wildman–Crippen MR) is 96.4 cm³/mol. The number of hydrogen-bond donors (Lipinski definition) is 1. The maximum atomic E-state index is 12.9. The standard InChI is InChI=1S/C18H17ClN4O3/c1-9(2)22-18(26)23-14-5-4-11(19)6-12(14)15(17(23)25)16(24)13-8-20-10(3)7-21-13/h4-9,15H,1-3H3,(H,22,26). The Kier molecular flexibility index (Phi) is 4.73. The predicted octanol–water partition coefficient (Wildman–Crippen LogP) is 2.87. The summed E-state index contributed by atoms with van der Waals surface area (Å²) in [6, 6.07) is 3.91. The molecule has 0 spiro atoms. The molecule has 7 nitrogen and oxygen atoms in total. The third kappa shape index (κ3) is 3.17. The second-order valence-electron chi connectivity index (χ2n) is 6.32. The Bertz CT molecular complexity index is 896. The molecule has 26 heavy (non-hydrogen) atoms. The van der Waals surface area contributed by atoms with Gasteiger partial charge in [0.25, 0.3) is 5.91 Å². The largest absolute Gasteiger partial charge is 0.335 e. The van der Waals surface area contributed by atoms with Gasteiger partial charge in [0, 0.05) is 17.3 Å². The van der Waals surface area contributed by atoms with Gasteiger partial charge in [0.05, 0.1) is 17.6 Å². The molecule has 0 fully saturated rings. The van der Waals surface area contributed by atoms with Gasteiger partial charge in [0.2, 0.25) is 0 Å². The van der Waals surface area contributed by atoms with Crippen LogP contribution in [0.4, 0.5) is 10.5 Å². The van der Waals surface area contributed by atoms with Gasteiger partial charge >= 0.3 is 6.03 Å². The molecule has 0 radical (unpaired) electrons. The highest BCUT2D eigenvalue weighted by molar-refractivity contribution is 6.33. The first-order valence-electron chi connectivity index (χ1n) is 8.06. The van der Waals surface area contributed by atoms with Crippen LogP contribution in [0.15, 0.2) is 30.6 Å². The molecule has 1 aromatic heterocycles. The number of carbonyl (C=O) groups excluding carboxylic acids is 3. The Morgan fingerprint density at radius 3 is 2.58 bits per heavy atom. The third-order valence-electron chi connectivity index (χ3n) is 3.92. The number of fused-ring (bicyclic) bond motifs is 1. The number of rotatable bonds is 3. The van der Waals surface area contributed by atoms with E-state index in [0.29, 0.717) is 22.0 Å². The van der Waals surface area contributed by atoms with Crippen LogP contribution in [0.2, 0.25) is 5.02 Å². The summed E-state index contributed by atoms with van der Waals surface area (Å²) in [6.45, 7) is 5.31. The van der Waals surface area contributed by atoms with Gasteiger partial charge in [-0.25, -0.2) is 14.7 Å². The molecule has 3 rings (SSSR count). The number of aromatic nitrogens is 2. The van der Waals surface area contributed by atoms with Crippen LogP contribution >= 0.6 is 11.6 Å². The molecule has 1 unspecified atom stereocenters. The molecule has 0 saturated heterocycles. The van der Waals surface area contributed by atoms with Crippen molar-refractivity contribution in [1.82, 2.24) is 15.3 Å². The van der Waals surface area contributed by atoms with Gasteiger partial charge in [0.1, 0.15) is 11.6 Å². The lowest BCUT2D eigenvalue weighted by Gasteiger charge is -2.18. The van der Waals surface area contributed by atoms with Gasteiger partial charge in [-0.15, -0.1) is 0 Å². The van der Waals surface area contributed by atoms with Crippen LogP contribution in [0.1, 0.15) is 41.5 Å². The van der Waals surface area contributed by atoms with Gasteiger partial charge in [-0.05, 0) is 44.5 Å². The van der Waals surface area contributed by atoms with Crippen LogP contribution in [0, 0.1) is 6.92 Å². The van der Waals surface area contributed by atoms with E-state index >= 15 is 0 Å². The van der Waals surface area contributed by atoms with Crippen molar-refractivity contribution in [2.75, 3.05) is 4.90 Å². The van der Waals surface area contributed by atoms with Crippen LogP contribution < -0.4 is 10.2 Å². The molecule has 1 aliphatic rings. The Morgan fingerprint density at radius 1 is 1.23 bits per heavy atom. The molecular weight excluding hydrogens is 356 g/mol.